The third-order valence-corrected chi connectivity index (χ3v) is 6.27. The Balaban J connectivity index is 2.05. The highest BCUT2D eigenvalue weighted by atomic mass is 32.2. The number of hydrogen-bond acceptors (Lipinski definition) is 6. The van der Waals surface area contributed by atoms with E-state index in [1.807, 2.05) is 0 Å². The van der Waals surface area contributed by atoms with Gasteiger partial charge >= 0.3 is 0 Å². The number of sulfonamides is 1. The summed E-state index contributed by atoms with van der Waals surface area (Å²) >= 11 is 5.08. The Morgan fingerprint density at radius 2 is 1.76 bits per heavy atom. The first-order valence-electron chi connectivity index (χ1n) is 8.66. The van der Waals surface area contributed by atoms with Gasteiger partial charge in [-0.2, -0.15) is 4.31 Å². The van der Waals surface area contributed by atoms with Crippen LogP contribution in [0.3, 0.4) is 0 Å². The molecule has 2 aromatic rings. The van der Waals surface area contributed by atoms with Crippen LogP contribution in [0.2, 0.25) is 0 Å². The molecule has 0 aliphatic heterocycles. The van der Waals surface area contributed by atoms with Gasteiger partial charge in [0.05, 0.1) is 9.82 Å². The zero-order chi connectivity index (χ0) is 21.6. The van der Waals surface area contributed by atoms with Crippen LogP contribution >= 0.6 is 12.2 Å². The van der Waals surface area contributed by atoms with E-state index in [0.717, 1.165) is 6.07 Å². The normalized spacial score (nSPS) is 11.1. The summed E-state index contributed by atoms with van der Waals surface area (Å²) in [5, 5.41) is 16.0. The Labute approximate surface area is 173 Å². The molecular formula is C18H20N4O5S2. The predicted octanol–water partition coefficient (Wildman–Crippen LogP) is 2.75. The van der Waals surface area contributed by atoms with Crippen LogP contribution in [-0.4, -0.2) is 41.8 Å². The first-order valence-corrected chi connectivity index (χ1v) is 10.5. The summed E-state index contributed by atoms with van der Waals surface area (Å²) in [4.78, 5) is 22.6. The van der Waals surface area contributed by atoms with Gasteiger partial charge in [0.25, 0.3) is 11.6 Å². The summed E-state index contributed by atoms with van der Waals surface area (Å²) in [6, 6.07) is 11.2. The summed E-state index contributed by atoms with van der Waals surface area (Å²) in [5.41, 5.74) is 0.360. The van der Waals surface area contributed by atoms with Crippen LogP contribution in [0.25, 0.3) is 0 Å². The van der Waals surface area contributed by atoms with Gasteiger partial charge in [-0.3, -0.25) is 20.2 Å². The second-order valence-electron chi connectivity index (χ2n) is 5.83. The third-order valence-electron chi connectivity index (χ3n) is 4.00. The number of nitro groups is 1. The maximum Gasteiger partial charge on any atom is 0.270 e. The number of anilines is 1. The van der Waals surface area contributed by atoms with E-state index in [1.54, 1.807) is 13.8 Å². The Bertz CT molecular complexity index is 1020. The number of nitrogens with one attached hydrogen (secondary N) is 2. The molecule has 2 rings (SSSR count). The Hall–Kier alpha value is -2.89. The van der Waals surface area contributed by atoms with Gasteiger partial charge in [-0.25, -0.2) is 8.42 Å². The van der Waals surface area contributed by atoms with Crippen LogP contribution in [-0.2, 0) is 10.0 Å². The number of rotatable bonds is 7. The molecule has 0 fully saturated rings. The molecule has 1 amide bonds. The number of thiocarbonyl (C=S) groups is 1. The van der Waals surface area contributed by atoms with Crippen molar-refractivity contribution in [1.82, 2.24) is 9.62 Å². The van der Waals surface area contributed by atoms with Crippen molar-refractivity contribution in [1.29, 1.82) is 0 Å². The molecule has 0 spiro atoms. The molecule has 0 saturated carbocycles. The molecule has 0 aromatic heterocycles. The lowest BCUT2D eigenvalue weighted by atomic mass is 10.2. The van der Waals surface area contributed by atoms with Gasteiger partial charge in [0.15, 0.2) is 5.11 Å². The molecule has 2 aromatic carbocycles. The van der Waals surface area contributed by atoms with Gasteiger partial charge in [0.2, 0.25) is 10.0 Å². The molecule has 0 radical (unpaired) electrons. The lowest BCUT2D eigenvalue weighted by Crippen LogP contribution is -2.34. The lowest BCUT2D eigenvalue weighted by Gasteiger charge is -2.18. The summed E-state index contributed by atoms with van der Waals surface area (Å²) in [6.07, 6.45) is 0. The van der Waals surface area contributed by atoms with E-state index in [1.165, 1.54) is 46.8 Å². The number of carbonyl (C=O) groups is 1. The highest BCUT2D eigenvalue weighted by molar-refractivity contribution is 7.89. The van der Waals surface area contributed by atoms with Gasteiger partial charge in [-0.15, -0.1) is 0 Å². The molecule has 9 nitrogen and oxygen atoms in total. The maximum absolute atomic E-state index is 12.5. The molecule has 11 heteroatoms. The van der Waals surface area contributed by atoms with Crippen LogP contribution in [0.5, 0.6) is 0 Å². The van der Waals surface area contributed by atoms with Crippen molar-refractivity contribution >= 4 is 44.6 Å². The molecule has 154 valence electrons. The SMILES string of the molecule is CCN(CC)S(=O)(=O)c1ccc(NC(=S)NC(=O)c2cccc([N+](=O)[O-])c2)cc1. The van der Waals surface area contributed by atoms with E-state index in [-0.39, 0.29) is 21.3 Å². The van der Waals surface area contributed by atoms with E-state index in [4.69, 9.17) is 12.2 Å². The van der Waals surface area contributed by atoms with Crippen LogP contribution in [0.4, 0.5) is 11.4 Å². The number of benzene rings is 2. The highest BCUT2D eigenvalue weighted by Gasteiger charge is 2.21. The smallest absolute Gasteiger partial charge is 0.270 e. The zero-order valence-corrected chi connectivity index (χ0v) is 17.4. The summed E-state index contributed by atoms with van der Waals surface area (Å²) < 4.78 is 26.3. The van der Waals surface area contributed by atoms with E-state index in [9.17, 15) is 23.3 Å². The fourth-order valence-corrected chi connectivity index (χ4v) is 4.19. The molecule has 0 aliphatic rings. The second-order valence-corrected chi connectivity index (χ2v) is 8.18. The van der Waals surface area contributed by atoms with Crippen molar-refractivity contribution in [3.63, 3.8) is 0 Å². The first kappa shape index (κ1) is 22.4. The van der Waals surface area contributed by atoms with Crippen molar-refractivity contribution in [2.45, 2.75) is 18.7 Å². The lowest BCUT2D eigenvalue weighted by molar-refractivity contribution is -0.384. The van der Waals surface area contributed by atoms with Crippen molar-refractivity contribution < 1.29 is 18.1 Å². The molecule has 0 heterocycles. The number of nitrogens with zero attached hydrogens (tertiary/aromatic N) is 2. The number of non-ortho nitro benzene ring substituents is 1. The van der Waals surface area contributed by atoms with Gasteiger partial charge in [0.1, 0.15) is 0 Å². The summed E-state index contributed by atoms with van der Waals surface area (Å²) in [6.45, 7) is 4.26. The van der Waals surface area contributed by atoms with Gasteiger partial charge in [0, 0.05) is 36.5 Å². The minimum absolute atomic E-state index is 0.0270. The average Bonchev–Trinajstić information content (AvgIpc) is 2.69. The quantitative estimate of drug-likeness (QED) is 0.389. The monoisotopic (exact) mass is 436 g/mol. The Morgan fingerprint density at radius 3 is 2.31 bits per heavy atom. The second kappa shape index (κ2) is 9.54. The van der Waals surface area contributed by atoms with Crippen molar-refractivity contribution in [2.75, 3.05) is 18.4 Å². The average molecular weight is 437 g/mol. The number of hydrogen-bond donors (Lipinski definition) is 2. The molecule has 2 N–H and O–H groups in total. The van der Waals surface area contributed by atoms with E-state index < -0.39 is 20.9 Å². The summed E-state index contributed by atoms with van der Waals surface area (Å²) in [5.74, 6) is -0.605. The van der Waals surface area contributed by atoms with Crippen molar-refractivity contribution in [3.05, 3.63) is 64.2 Å². The molecule has 0 aliphatic carbocycles. The topological polar surface area (TPSA) is 122 Å². The van der Waals surface area contributed by atoms with Crippen LogP contribution in [0.15, 0.2) is 53.4 Å². The molecule has 0 unspecified atom stereocenters. The maximum atomic E-state index is 12.5. The molecular weight excluding hydrogens is 416 g/mol. The van der Waals surface area contributed by atoms with Gasteiger partial charge in [-0.1, -0.05) is 19.9 Å². The minimum atomic E-state index is -3.56. The fraction of sp³-hybridized carbons (Fsp3) is 0.222. The van der Waals surface area contributed by atoms with Gasteiger partial charge in [-0.05, 0) is 42.5 Å². The number of nitro benzene ring substituents is 1. The first-order chi connectivity index (χ1) is 13.7. The van der Waals surface area contributed by atoms with Crippen molar-refractivity contribution in [3.8, 4) is 0 Å². The standard InChI is InChI=1S/C18H20N4O5S2/c1-3-21(4-2)29(26,27)16-10-8-14(9-11-16)19-18(28)20-17(23)13-6-5-7-15(12-13)22(24)25/h5-12H,3-4H2,1-2H3,(H2,19,20,23,28). The predicted molar refractivity (Wildman–Crippen MR) is 113 cm³/mol. The number of carbonyl (C=O) groups excluding carboxylic acids is 1. The molecule has 29 heavy (non-hydrogen) atoms. The zero-order valence-electron chi connectivity index (χ0n) is 15.8. The minimum Gasteiger partial charge on any atom is -0.332 e. The summed E-state index contributed by atoms with van der Waals surface area (Å²) in [7, 11) is -3.56. The van der Waals surface area contributed by atoms with E-state index >= 15 is 0 Å². The Morgan fingerprint density at radius 1 is 1.14 bits per heavy atom. The molecule has 0 atom stereocenters. The van der Waals surface area contributed by atoms with E-state index in [0.29, 0.717) is 18.8 Å². The van der Waals surface area contributed by atoms with Gasteiger partial charge < -0.3 is 5.32 Å². The number of amides is 1. The largest absolute Gasteiger partial charge is 0.332 e. The fourth-order valence-electron chi connectivity index (χ4n) is 2.52. The van der Waals surface area contributed by atoms with Crippen molar-refractivity contribution in [2.24, 2.45) is 0 Å². The van der Waals surface area contributed by atoms with E-state index in [2.05, 4.69) is 10.6 Å². The van der Waals surface area contributed by atoms with Crippen LogP contribution in [0, 0.1) is 10.1 Å². The molecule has 0 saturated heterocycles. The highest BCUT2D eigenvalue weighted by Crippen LogP contribution is 2.18. The van der Waals surface area contributed by atoms with Crippen LogP contribution < -0.4 is 10.6 Å². The van der Waals surface area contributed by atoms with Crippen LogP contribution in [0.1, 0.15) is 24.2 Å². The molecule has 0 bridgehead atoms. The third kappa shape index (κ3) is 5.56. The Kier molecular flexibility index (Phi) is 7.37.